The van der Waals surface area contributed by atoms with Crippen LogP contribution >= 0.6 is 31.9 Å². The maximum Gasteiger partial charge on any atom is 0.127 e. The van der Waals surface area contributed by atoms with Crippen LogP contribution in [0.2, 0.25) is 0 Å². The van der Waals surface area contributed by atoms with Crippen molar-refractivity contribution in [2.45, 2.75) is 6.92 Å². The Bertz CT molecular complexity index is 468. The van der Waals surface area contributed by atoms with Gasteiger partial charge in [0.15, 0.2) is 0 Å². The van der Waals surface area contributed by atoms with Gasteiger partial charge in [-0.05, 0) is 41.1 Å². The molecule has 0 aliphatic heterocycles. The van der Waals surface area contributed by atoms with Gasteiger partial charge in [0.05, 0.1) is 5.52 Å². The number of aromatic nitrogens is 2. The quantitative estimate of drug-likeness (QED) is 0.696. The molecule has 0 amide bonds. The Kier molecular flexibility index (Phi) is 2.34. The number of nitrogens with zero attached hydrogens (tertiary/aromatic N) is 2. The SMILES string of the molecule is Cc1nc(Br)c2cc(Br)ccc2n1. The third-order valence-corrected chi connectivity index (χ3v) is 2.82. The molecule has 0 N–H and O–H groups in total. The molecule has 66 valence electrons. The zero-order chi connectivity index (χ0) is 9.42. The molecule has 2 aromatic rings. The molecular formula is C9H6Br2N2. The second-order valence-corrected chi connectivity index (χ2v) is 4.39. The first kappa shape index (κ1) is 9.09. The van der Waals surface area contributed by atoms with Crippen LogP contribution in [0.5, 0.6) is 0 Å². The van der Waals surface area contributed by atoms with E-state index in [4.69, 9.17) is 0 Å². The van der Waals surface area contributed by atoms with E-state index in [1.807, 2.05) is 25.1 Å². The van der Waals surface area contributed by atoms with E-state index in [9.17, 15) is 0 Å². The third kappa shape index (κ3) is 1.74. The topological polar surface area (TPSA) is 25.8 Å². The van der Waals surface area contributed by atoms with Gasteiger partial charge in [0.1, 0.15) is 10.4 Å². The van der Waals surface area contributed by atoms with Crippen LogP contribution in [-0.2, 0) is 0 Å². The molecule has 13 heavy (non-hydrogen) atoms. The maximum absolute atomic E-state index is 4.32. The van der Waals surface area contributed by atoms with E-state index in [-0.39, 0.29) is 0 Å². The number of halogens is 2. The first-order valence-electron chi connectivity index (χ1n) is 3.76. The summed E-state index contributed by atoms with van der Waals surface area (Å²) < 4.78 is 1.88. The van der Waals surface area contributed by atoms with Crippen molar-refractivity contribution in [2.75, 3.05) is 0 Å². The van der Waals surface area contributed by atoms with E-state index >= 15 is 0 Å². The minimum Gasteiger partial charge on any atom is -0.233 e. The molecule has 2 nitrogen and oxygen atoms in total. The first-order chi connectivity index (χ1) is 6.16. The molecule has 1 heterocycles. The molecule has 2 rings (SSSR count). The van der Waals surface area contributed by atoms with Gasteiger partial charge in [0, 0.05) is 9.86 Å². The molecule has 1 aromatic heterocycles. The lowest BCUT2D eigenvalue weighted by Gasteiger charge is -2.01. The van der Waals surface area contributed by atoms with Crippen molar-refractivity contribution in [2.24, 2.45) is 0 Å². The van der Waals surface area contributed by atoms with Gasteiger partial charge < -0.3 is 0 Å². The average molecular weight is 302 g/mol. The summed E-state index contributed by atoms with van der Waals surface area (Å²) in [5.41, 5.74) is 0.961. The molecule has 0 saturated heterocycles. The van der Waals surface area contributed by atoms with Gasteiger partial charge >= 0.3 is 0 Å². The van der Waals surface area contributed by atoms with E-state index in [1.54, 1.807) is 0 Å². The molecule has 0 spiro atoms. The van der Waals surface area contributed by atoms with Crippen LogP contribution in [0.4, 0.5) is 0 Å². The molecular weight excluding hydrogens is 296 g/mol. The fourth-order valence-electron chi connectivity index (χ4n) is 1.17. The maximum atomic E-state index is 4.32. The summed E-state index contributed by atoms with van der Waals surface area (Å²) >= 11 is 6.82. The normalized spacial score (nSPS) is 10.7. The Balaban J connectivity index is 2.87. The minimum absolute atomic E-state index is 0.779. The lowest BCUT2D eigenvalue weighted by Crippen LogP contribution is -1.89. The Morgan fingerprint density at radius 2 is 1.92 bits per heavy atom. The van der Waals surface area contributed by atoms with Crippen molar-refractivity contribution in [3.8, 4) is 0 Å². The lowest BCUT2D eigenvalue weighted by molar-refractivity contribution is 1.07. The van der Waals surface area contributed by atoms with Crippen LogP contribution < -0.4 is 0 Å². The largest absolute Gasteiger partial charge is 0.233 e. The zero-order valence-electron chi connectivity index (χ0n) is 6.88. The Morgan fingerprint density at radius 1 is 1.15 bits per heavy atom. The van der Waals surface area contributed by atoms with Crippen LogP contribution in [0.1, 0.15) is 5.82 Å². The number of aryl methyl sites for hydroxylation is 1. The number of hydrogen-bond donors (Lipinski definition) is 0. The number of fused-ring (bicyclic) bond motifs is 1. The van der Waals surface area contributed by atoms with Crippen molar-refractivity contribution >= 4 is 42.8 Å². The molecule has 4 heteroatoms. The fraction of sp³-hybridized carbons (Fsp3) is 0.111. The van der Waals surface area contributed by atoms with Gasteiger partial charge in [-0.2, -0.15) is 0 Å². The summed E-state index contributed by atoms with van der Waals surface area (Å²) in [7, 11) is 0. The summed E-state index contributed by atoms with van der Waals surface area (Å²) in [6, 6.07) is 5.94. The van der Waals surface area contributed by atoms with Crippen LogP contribution in [0.15, 0.2) is 27.3 Å². The van der Waals surface area contributed by atoms with Crippen molar-refractivity contribution < 1.29 is 0 Å². The van der Waals surface area contributed by atoms with Crippen LogP contribution in [0, 0.1) is 6.92 Å². The molecule has 0 aliphatic rings. The Morgan fingerprint density at radius 3 is 2.69 bits per heavy atom. The molecule has 0 aliphatic carbocycles. The van der Waals surface area contributed by atoms with Gasteiger partial charge in [0.2, 0.25) is 0 Å². The number of hydrogen-bond acceptors (Lipinski definition) is 2. The lowest BCUT2D eigenvalue weighted by atomic mass is 10.2. The second-order valence-electron chi connectivity index (χ2n) is 2.72. The third-order valence-electron chi connectivity index (χ3n) is 1.72. The van der Waals surface area contributed by atoms with Gasteiger partial charge in [-0.1, -0.05) is 15.9 Å². The number of rotatable bonds is 0. The van der Waals surface area contributed by atoms with Gasteiger partial charge in [-0.3, -0.25) is 0 Å². The second kappa shape index (κ2) is 3.35. The monoisotopic (exact) mass is 300 g/mol. The summed E-state index contributed by atoms with van der Waals surface area (Å²) in [6.07, 6.45) is 0. The highest BCUT2D eigenvalue weighted by Gasteiger charge is 2.02. The summed E-state index contributed by atoms with van der Waals surface area (Å²) in [6.45, 7) is 1.88. The van der Waals surface area contributed by atoms with Crippen LogP contribution in [-0.4, -0.2) is 9.97 Å². The molecule has 0 radical (unpaired) electrons. The van der Waals surface area contributed by atoms with Gasteiger partial charge in [0.25, 0.3) is 0 Å². The van der Waals surface area contributed by atoms with E-state index in [0.29, 0.717) is 0 Å². The molecule has 0 unspecified atom stereocenters. The highest BCUT2D eigenvalue weighted by molar-refractivity contribution is 9.11. The van der Waals surface area contributed by atoms with E-state index < -0.39 is 0 Å². The van der Waals surface area contributed by atoms with Crippen LogP contribution in [0.3, 0.4) is 0 Å². The highest BCUT2D eigenvalue weighted by atomic mass is 79.9. The van der Waals surface area contributed by atoms with Crippen LogP contribution in [0.25, 0.3) is 10.9 Å². The average Bonchev–Trinajstić information content (AvgIpc) is 2.06. The van der Waals surface area contributed by atoms with Crippen molar-refractivity contribution in [1.82, 2.24) is 9.97 Å². The van der Waals surface area contributed by atoms with E-state index in [0.717, 1.165) is 25.8 Å². The smallest absolute Gasteiger partial charge is 0.127 e. The van der Waals surface area contributed by atoms with Gasteiger partial charge in [-0.15, -0.1) is 0 Å². The molecule has 0 bridgehead atoms. The summed E-state index contributed by atoms with van der Waals surface area (Å²) in [5.74, 6) is 0.779. The first-order valence-corrected chi connectivity index (χ1v) is 5.35. The minimum atomic E-state index is 0.779. The van der Waals surface area contributed by atoms with Crippen molar-refractivity contribution in [3.05, 3.63) is 33.1 Å². The summed E-state index contributed by atoms with van der Waals surface area (Å²) in [4.78, 5) is 8.54. The van der Waals surface area contributed by atoms with Crippen molar-refractivity contribution in [3.63, 3.8) is 0 Å². The number of benzene rings is 1. The fourth-order valence-corrected chi connectivity index (χ4v) is 2.11. The molecule has 0 fully saturated rings. The van der Waals surface area contributed by atoms with E-state index in [2.05, 4.69) is 41.8 Å². The molecule has 0 atom stereocenters. The Labute approximate surface area is 92.7 Å². The Hall–Kier alpha value is -0.480. The summed E-state index contributed by atoms with van der Waals surface area (Å²) in [5, 5.41) is 1.03. The molecule has 1 aromatic carbocycles. The molecule has 0 saturated carbocycles. The van der Waals surface area contributed by atoms with E-state index in [1.165, 1.54) is 0 Å². The van der Waals surface area contributed by atoms with Gasteiger partial charge in [-0.25, -0.2) is 9.97 Å². The standard InChI is InChI=1S/C9H6Br2N2/c1-5-12-8-3-2-6(10)4-7(8)9(11)13-5/h2-4H,1H3. The predicted octanol–water partition coefficient (Wildman–Crippen LogP) is 3.46. The zero-order valence-corrected chi connectivity index (χ0v) is 10.1. The predicted molar refractivity (Wildman–Crippen MR) is 59.7 cm³/mol. The highest BCUT2D eigenvalue weighted by Crippen LogP contribution is 2.24. The van der Waals surface area contributed by atoms with Crippen molar-refractivity contribution in [1.29, 1.82) is 0 Å².